The van der Waals surface area contributed by atoms with E-state index in [9.17, 15) is 4.79 Å². The van der Waals surface area contributed by atoms with E-state index in [1.165, 1.54) is 0 Å². The quantitative estimate of drug-likeness (QED) is 0.558. The number of nitrogens with two attached hydrogens (primary N) is 1. The smallest absolute Gasteiger partial charge is 0.234 e. The standard InChI is InChI=1S/C13H27N3O3/c1-18-9-2-6-15-13(17)11-16-7-3-12(4-8-16)19-10-5-14/h12H,2-11,14H2,1H3,(H,15,17). The van der Waals surface area contributed by atoms with E-state index in [2.05, 4.69) is 10.2 Å². The van der Waals surface area contributed by atoms with E-state index >= 15 is 0 Å². The molecule has 0 aromatic heterocycles. The molecule has 1 heterocycles. The van der Waals surface area contributed by atoms with E-state index in [0.29, 0.717) is 39.0 Å². The molecule has 1 aliphatic rings. The van der Waals surface area contributed by atoms with Crippen molar-refractivity contribution in [1.29, 1.82) is 0 Å². The molecule has 1 rings (SSSR count). The third-order valence-corrected chi connectivity index (χ3v) is 3.22. The van der Waals surface area contributed by atoms with Gasteiger partial charge in [-0.25, -0.2) is 0 Å². The highest BCUT2D eigenvalue weighted by molar-refractivity contribution is 5.77. The van der Waals surface area contributed by atoms with Crippen molar-refractivity contribution in [1.82, 2.24) is 10.2 Å². The van der Waals surface area contributed by atoms with Crippen molar-refractivity contribution in [2.24, 2.45) is 5.73 Å². The fourth-order valence-electron chi connectivity index (χ4n) is 2.17. The Morgan fingerprint density at radius 2 is 2.11 bits per heavy atom. The molecule has 0 spiro atoms. The van der Waals surface area contributed by atoms with Gasteiger partial charge >= 0.3 is 0 Å². The van der Waals surface area contributed by atoms with Crippen molar-refractivity contribution in [2.75, 3.05) is 53.0 Å². The molecule has 0 radical (unpaired) electrons. The average Bonchev–Trinajstić information content (AvgIpc) is 2.43. The first-order chi connectivity index (χ1) is 9.26. The molecule has 0 aromatic rings. The lowest BCUT2D eigenvalue weighted by molar-refractivity contribution is -0.123. The van der Waals surface area contributed by atoms with Crippen LogP contribution < -0.4 is 11.1 Å². The summed E-state index contributed by atoms with van der Waals surface area (Å²) < 4.78 is 10.5. The Morgan fingerprint density at radius 3 is 2.74 bits per heavy atom. The Kier molecular flexibility index (Phi) is 8.73. The van der Waals surface area contributed by atoms with E-state index in [1.54, 1.807) is 7.11 Å². The fourth-order valence-corrected chi connectivity index (χ4v) is 2.17. The Hall–Kier alpha value is -0.690. The van der Waals surface area contributed by atoms with Gasteiger partial charge < -0.3 is 20.5 Å². The lowest BCUT2D eigenvalue weighted by atomic mass is 10.1. The van der Waals surface area contributed by atoms with Crippen molar-refractivity contribution >= 4 is 5.91 Å². The van der Waals surface area contributed by atoms with Gasteiger partial charge in [0.1, 0.15) is 0 Å². The summed E-state index contributed by atoms with van der Waals surface area (Å²) in [6.07, 6.45) is 3.13. The second-order valence-corrected chi connectivity index (χ2v) is 4.83. The number of rotatable bonds is 9. The SMILES string of the molecule is COCCCNC(=O)CN1CCC(OCCN)CC1. The van der Waals surface area contributed by atoms with Crippen LogP contribution >= 0.6 is 0 Å². The van der Waals surface area contributed by atoms with Gasteiger partial charge in [-0.05, 0) is 19.3 Å². The zero-order chi connectivity index (χ0) is 13.9. The van der Waals surface area contributed by atoms with Crippen molar-refractivity contribution < 1.29 is 14.3 Å². The number of hydrogen-bond donors (Lipinski definition) is 2. The molecule has 1 fully saturated rings. The fraction of sp³-hybridized carbons (Fsp3) is 0.923. The minimum Gasteiger partial charge on any atom is -0.385 e. The zero-order valence-electron chi connectivity index (χ0n) is 11.9. The van der Waals surface area contributed by atoms with Gasteiger partial charge in [-0.15, -0.1) is 0 Å². The predicted molar refractivity (Wildman–Crippen MR) is 74.0 cm³/mol. The summed E-state index contributed by atoms with van der Waals surface area (Å²) in [6, 6.07) is 0. The van der Waals surface area contributed by atoms with Crippen LogP contribution in [0.4, 0.5) is 0 Å². The van der Waals surface area contributed by atoms with Gasteiger partial charge in [-0.2, -0.15) is 0 Å². The Balaban J connectivity index is 2.06. The molecule has 0 bridgehead atoms. The summed E-state index contributed by atoms with van der Waals surface area (Å²) in [7, 11) is 1.67. The molecular weight excluding hydrogens is 246 g/mol. The molecule has 0 aliphatic carbocycles. The van der Waals surface area contributed by atoms with Crippen LogP contribution in [0.25, 0.3) is 0 Å². The molecule has 0 unspecified atom stereocenters. The van der Waals surface area contributed by atoms with Gasteiger partial charge in [0.25, 0.3) is 0 Å². The summed E-state index contributed by atoms with van der Waals surface area (Å²) in [4.78, 5) is 13.9. The first kappa shape index (κ1) is 16.4. The van der Waals surface area contributed by atoms with E-state index in [-0.39, 0.29) is 5.91 Å². The van der Waals surface area contributed by atoms with Gasteiger partial charge in [0.05, 0.1) is 19.3 Å². The number of methoxy groups -OCH3 is 1. The van der Waals surface area contributed by atoms with Crippen LogP contribution in [0.3, 0.4) is 0 Å². The average molecular weight is 273 g/mol. The molecule has 0 aromatic carbocycles. The summed E-state index contributed by atoms with van der Waals surface area (Å²) in [5.41, 5.74) is 5.41. The van der Waals surface area contributed by atoms with Crippen LogP contribution in [0, 0.1) is 0 Å². The van der Waals surface area contributed by atoms with Gasteiger partial charge in [-0.1, -0.05) is 0 Å². The number of likely N-dealkylation sites (tertiary alicyclic amines) is 1. The molecule has 1 aliphatic heterocycles. The normalized spacial score (nSPS) is 17.6. The topological polar surface area (TPSA) is 76.8 Å². The lowest BCUT2D eigenvalue weighted by Crippen LogP contribution is -2.43. The van der Waals surface area contributed by atoms with Crippen molar-refractivity contribution in [2.45, 2.75) is 25.4 Å². The van der Waals surface area contributed by atoms with Crippen molar-refractivity contribution in [3.05, 3.63) is 0 Å². The van der Waals surface area contributed by atoms with Gasteiger partial charge in [0.15, 0.2) is 0 Å². The van der Waals surface area contributed by atoms with Gasteiger partial charge in [-0.3, -0.25) is 9.69 Å². The summed E-state index contributed by atoms with van der Waals surface area (Å²) >= 11 is 0. The van der Waals surface area contributed by atoms with E-state index in [1.807, 2.05) is 0 Å². The molecule has 0 saturated carbocycles. The van der Waals surface area contributed by atoms with Crippen molar-refractivity contribution in [3.8, 4) is 0 Å². The minimum atomic E-state index is 0.0948. The third-order valence-electron chi connectivity index (χ3n) is 3.22. The summed E-state index contributed by atoms with van der Waals surface area (Å²) in [5, 5.41) is 2.90. The molecule has 6 nitrogen and oxygen atoms in total. The highest BCUT2D eigenvalue weighted by Crippen LogP contribution is 2.12. The molecule has 0 atom stereocenters. The van der Waals surface area contributed by atoms with E-state index in [0.717, 1.165) is 32.4 Å². The highest BCUT2D eigenvalue weighted by Gasteiger charge is 2.20. The number of amides is 1. The number of hydrogen-bond acceptors (Lipinski definition) is 5. The van der Waals surface area contributed by atoms with Crippen LogP contribution in [0.5, 0.6) is 0 Å². The monoisotopic (exact) mass is 273 g/mol. The van der Waals surface area contributed by atoms with Gasteiger partial charge in [0, 0.05) is 39.9 Å². The number of carbonyl (C=O) groups excluding carboxylic acids is 1. The van der Waals surface area contributed by atoms with E-state index in [4.69, 9.17) is 15.2 Å². The number of nitrogens with one attached hydrogen (secondary N) is 1. The highest BCUT2D eigenvalue weighted by atomic mass is 16.5. The predicted octanol–water partition coefficient (Wildman–Crippen LogP) is -0.421. The molecule has 19 heavy (non-hydrogen) atoms. The number of nitrogens with zero attached hydrogens (tertiary/aromatic N) is 1. The van der Waals surface area contributed by atoms with Crippen LogP contribution in [-0.4, -0.2) is 70.0 Å². The van der Waals surface area contributed by atoms with Crippen LogP contribution in [-0.2, 0) is 14.3 Å². The first-order valence-corrected chi connectivity index (χ1v) is 7.06. The molecule has 1 saturated heterocycles. The Bertz CT molecular complexity index is 243. The van der Waals surface area contributed by atoms with Crippen LogP contribution in [0.15, 0.2) is 0 Å². The second kappa shape index (κ2) is 10.1. The van der Waals surface area contributed by atoms with Crippen molar-refractivity contribution in [3.63, 3.8) is 0 Å². The number of piperidine rings is 1. The zero-order valence-corrected chi connectivity index (χ0v) is 11.9. The van der Waals surface area contributed by atoms with Gasteiger partial charge in [0.2, 0.25) is 5.91 Å². The maximum atomic E-state index is 11.7. The number of carbonyl (C=O) groups is 1. The number of ether oxygens (including phenoxy) is 2. The largest absolute Gasteiger partial charge is 0.385 e. The molecule has 6 heteroatoms. The summed E-state index contributed by atoms with van der Waals surface area (Å²) in [5.74, 6) is 0.0948. The molecule has 1 amide bonds. The maximum absolute atomic E-state index is 11.7. The van der Waals surface area contributed by atoms with Crippen LogP contribution in [0.1, 0.15) is 19.3 Å². The first-order valence-electron chi connectivity index (χ1n) is 7.06. The molecule has 112 valence electrons. The van der Waals surface area contributed by atoms with Crippen LogP contribution in [0.2, 0.25) is 0 Å². The minimum absolute atomic E-state index is 0.0948. The molecular formula is C13H27N3O3. The Labute approximate surface area is 115 Å². The third kappa shape index (κ3) is 7.47. The summed E-state index contributed by atoms with van der Waals surface area (Å²) in [6.45, 7) is 4.89. The lowest BCUT2D eigenvalue weighted by Gasteiger charge is -2.31. The maximum Gasteiger partial charge on any atom is 0.234 e. The second-order valence-electron chi connectivity index (χ2n) is 4.83. The Morgan fingerprint density at radius 1 is 1.37 bits per heavy atom. The van der Waals surface area contributed by atoms with E-state index < -0.39 is 0 Å². The molecule has 3 N–H and O–H groups in total.